The number of aromatic nitrogens is 2. The molecule has 2 nitrogen and oxygen atoms in total. The van der Waals surface area contributed by atoms with Gasteiger partial charge >= 0.3 is 0 Å². The van der Waals surface area contributed by atoms with Crippen LogP contribution in [0.15, 0.2) is 79.1 Å². The molecule has 0 aliphatic heterocycles. The van der Waals surface area contributed by atoms with Gasteiger partial charge in [-0.2, -0.15) is 4.57 Å². The maximum Gasteiger partial charge on any atom is 0.294 e. The molecular weight excluding hydrogens is 376 g/mol. The molecule has 0 fully saturated rings. The molecule has 0 N–H and O–H groups in total. The molecule has 4 rings (SSSR count). The quantitative estimate of drug-likeness (QED) is 0.307. The minimum absolute atomic E-state index is 0.803. The number of nitrogens with zero attached hydrogens (tertiary/aromatic N) is 2. The maximum atomic E-state index is 8.83. The lowest BCUT2D eigenvalue weighted by Crippen LogP contribution is -2.29. The molecule has 0 aliphatic rings. The van der Waals surface area contributed by atoms with E-state index in [1.807, 2.05) is 58.2 Å². The summed E-state index contributed by atoms with van der Waals surface area (Å²) in [5.74, 6) is -0.569. The van der Waals surface area contributed by atoms with Gasteiger partial charge in [-0.3, -0.25) is 0 Å². The van der Waals surface area contributed by atoms with Gasteiger partial charge < -0.3 is 0 Å². The fourth-order valence-electron chi connectivity index (χ4n) is 4.31. The van der Waals surface area contributed by atoms with Crippen molar-refractivity contribution in [1.29, 1.82) is 0 Å². The Labute approximate surface area is 189 Å². The molecule has 2 heteroatoms. The summed E-state index contributed by atoms with van der Waals surface area (Å²) in [6.45, 7) is 9.80. The third-order valence-electron chi connectivity index (χ3n) is 5.93. The lowest BCUT2D eigenvalue weighted by molar-refractivity contribution is -0.659. The van der Waals surface area contributed by atoms with Gasteiger partial charge in [0, 0.05) is 13.9 Å². The van der Waals surface area contributed by atoms with Crippen LogP contribution in [0.5, 0.6) is 0 Å². The SMILES string of the molecule is [2H]C(C)(C)c1cccc(C([2H])(C)C)c1-n1cc[n+](C)c1-c1ccc(-c2ccccc2)cc1C. The molecule has 0 atom stereocenters. The molecule has 3 aromatic carbocycles. The number of benzene rings is 3. The zero-order chi connectivity index (χ0) is 24.0. The Hall–Kier alpha value is -3.13. The predicted octanol–water partition coefficient (Wildman–Crippen LogP) is 7.19. The first-order chi connectivity index (χ1) is 15.5. The van der Waals surface area contributed by atoms with E-state index in [4.69, 9.17) is 2.74 Å². The second kappa shape index (κ2) is 8.55. The first kappa shape index (κ1) is 18.6. The van der Waals surface area contributed by atoms with Crippen molar-refractivity contribution in [2.24, 2.45) is 7.05 Å². The van der Waals surface area contributed by atoms with Crippen LogP contribution in [0, 0.1) is 6.92 Å². The number of rotatable bonds is 5. The molecule has 31 heavy (non-hydrogen) atoms. The summed E-state index contributed by atoms with van der Waals surface area (Å²) in [4.78, 5) is 0. The lowest BCUT2D eigenvalue weighted by Gasteiger charge is -2.18. The summed E-state index contributed by atoms with van der Waals surface area (Å²) in [5.41, 5.74) is 7.46. The summed E-state index contributed by atoms with van der Waals surface area (Å²) in [6, 6.07) is 23.0. The first-order valence-corrected chi connectivity index (χ1v) is 10.9. The third-order valence-corrected chi connectivity index (χ3v) is 5.93. The molecular formula is C29H33N2+. The highest BCUT2D eigenvalue weighted by Crippen LogP contribution is 2.34. The van der Waals surface area contributed by atoms with Crippen LogP contribution in [0.25, 0.3) is 28.2 Å². The lowest BCUT2D eigenvalue weighted by atomic mass is 9.92. The molecule has 0 radical (unpaired) electrons. The minimum atomic E-state index is -0.803. The molecule has 1 aromatic heterocycles. The zero-order valence-corrected chi connectivity index (χ0v) is 19.4. The van der Waals surface area contributed by atoms with Crippen molar-refractivity contribution >= 4 is 0 Å². The van der Waals surface area contributed by atoms with Crippen molar-refractivity contribution in [3.8, 4) is 28.2 Å². The number of imidazole rings is 1. The van der Waals surface area contributed by atoms with Crippen LogP contribution < -0.4 is 4.57 Å². The van der Waals surface area contributed by atoms with Gasteiger partial charge in [-0.25, -0.2) is 4.57 Å². The van der Waals surface area contributed by atoms with Crippen LogP contribution in [-0.2, 0) is 7.05 Å². The zero-order valence-electron chi connectivity index (χ0n) is 21.4. The Morgan fingerprint density at radius 3 is 2.03 bits per heavy atom. The molecule has 0 amide bonds. The molecule has 4 aromatic rings. The first-order valence-electron chi connectivity index (χ1n) is 11.9. The normalized spacial score (nSPS) is 13.1. The molecule has 0 spiro atoms. The fraction of sp³-hybridized carbons (Fsp3) is 0.276. The average Bonchev–Trinajstić information content (AvgIpc) is 3.13. The van der Waals surface area contributed by atoms with Crippen LogP contribution >= 0.6 is 0 Å². The van der Waals surface area contributed by atoms with Crippen molar-refractivity contribution in [1.82, 2.24) is 4.57 Å². The van der Waals surface area contributed by atoms with E-state index < -0.39 is 11.8 Å². The van der Waals surface area contributed by atoms with Crippen LogP contribution in [-0.4, -0.2) is 4.57 Å². The van der Waals surface area contributed by atoms with Crippen molar-refractivity contribution in [3.63, 3.8) is 0 Å². The van der Waals surface area contributed by atoms with Crippen LogP contribution in [0.1, 0.15) is 58.9 Å². The van der Waals surface area contributed by atoms with E-state index in [1.54, 1.807) is 0 Å². The second-order valence-electron chi connectivity index (χ2n) is 8.70. The summed E-state index contributed by atoms with van der Waals surface area (Å²) in [5, 5.41) is 0. The van der Waals surface area contributed by atoms with E-state index >= 15 is 0 Å². The number of hydrogen-bond acceptors (Lipinski definition) is 0. The number of aryl methyl sites for hydroxylation is 2. The summed E-state index contributed by atoms with van der Waals surface area (Å²) in [6.07, 6.45) is 4.11. The minimum Gasteiger partial charge on any atom is -0.232 e. The van der Waals surface area contributed by atoms with E-state index in [0.717, 1.165) is 28.2 Å². The summed E-state index contributed by atoms with van der Waals surface area (Å²) >= 11 is 0. The Morgan fingerprint density at radius 1 is 0.806 bits per heavy atom. The number of para-hydroxylation sites is 1. The monoisotopic (exact) mass is 411 g/mol. The van der Waals surface area contributed by atoms with Crippen molar-refractivity contribution in [2.75, 3.05) is 0 Å². The highest BCUT2D eigenvalue weighted by atomic mass is 15.1. The molecule has 0 unspecified atom stereocenters. The van der Waals surface area contributed by atoms with E-state index in [1.165, 1.54) is 16.7 Å². The second-order valence-corrected chi connectivity index (χ2v) is 8.70. The average molecular weight is 412 g/mol. The van der Waals surface area contributed by atoms with Crippen LogP contribution in [0.4, 0.5) is 0 Å². The van der Waals surface area contributed by atoms with Crippen LogP contribution in [0.2, 0.25) is 0 Å². The number of hydrogen-bond donors (Lipinski definition) is 0. The molecule has 0 aliphatic carbocycles. The van der Waals surface area contributed by atoms with Crippen molar-refractivity contribution < 1.29 is 7.31 Å². The highest BCUT2D eigenvalue weighted by Gasteiger charge is 2.26. The van der Waals surface area contributed by atoms with Gasteiger partial charge in [0.25, 0.3) is 5.82 Å². The third kappa shape index (κ3) is 3.95. The molecule has 0 saturated carbocycles. The Morgan fingerprint density at radius 2 is 1.45 bits per heavy atom. The van der Waals surface area contributed by atoms with E-state index in [2.05, 4.69) is 71.8 Å². The van der Waals surface area contributed by atoms with Gasteiger partial charge in [0.1, 0.15) is 18.1 Å². The van der Waals surface area contributed by atoms with Gasteiger partial charge in [0.15, 0.2) is 0 Å². The van der Waals surface area contributed by atoms with E-state index in [-0.39, 0.29) is 0 Å². The molecule has 1 heterocycles. The molecule has 0 bridgehead atoms. The molecule has 158 valence electrons. The van der Waals surface area contributed by atoms with Gasteiger partial charge in [-0.05, 0) is 41.5 Å². The molecule has 0 saturated heterocycles. The Balaban J connectivity index is 1.96. The predicted molar refractivity (Wildman–Crippen MR) is 131 cm³/mol. The van der Waals surface area contributed by atoms with Gasteiger partial charge in [0.2, 0.25) is 0 Å². The van der Waals surface area contributed by atoms with E-state index in [0.29, 0.717) is 0 Å². The van der Waals surface area contributed by atoms with Crippen molar-refractivity contribution in [3.05, 3.63) is 95.8 Å². The fourth-order valence-corrected chi connectivity index (χ4v) is 4.31. The maximum absolute atomic E-state index is 8.83. The van der Waals surface area contributed by atoms with Gasteiger partial charge in [-0.15, -0.1) is 0 Å². The van der Waals surface area contributed by atoms with Crippen LogP contribution in [0.3, 0.4) is 0 Å². The smallest absolute Gasteiger partial charge is 0.232 e. The highest BCUT2D eigenvalue weighted by molar-refractivity contribution is 5.71. The summed E-state index contributed by atoms with van der Waals surface area (Å²) in [7, 11) is 2.05. The Bertz CT molecular complexity index is 1260. The Kier molecular flexibility index (Phi) is 5.13. The standard InChI is InChI=1S/C29H33N2/c1-20(2)25-13-10-14-26(21(3)4)28(25)31-18-17-30(6)29(31)27-16-15-24(19-22(27)5)23-11-8-7-9-12-23/h7-21H,1-6H3/q+1/i20D,21D. The summed E-state index contributed by atoms with van der Waals surface area (Å²) < 4.78 is 22.0. The van der Waals surface area contributed by atoms with E-state index in [9.17, 15) is 0 Å². The largest absolute Gasteiger partial charge is 0.294 e. The van der Waals surface area contributed by atoms with Gasteiger partial charge in [0.05, 0.1) is 12.6 Å². The topological polar surface area (TPSA) is 8.81 Å². The van der Waals surface area contributed by atoms with Crippen molar-refractivity contribution in [2.45, 2.75) is 46.4 Å². The van der Waals surface area contributed by atoms with Gasteiger partial charge in [-0.1, -0.05) is 88.4 Å².